The Labute approximate surface area is 122 Å². The van der Waals surface area contributed by atoms with Crippen molar-refractivity contribution in [2.24, 2.45) is 0 Å². The highest BCUT2D eigenvalue weighted by Crippen LogP contribution is 2.31. The van der Waals surface area contributed by atoms with Gasteiger partial charge in [0.2, 0.25) is 11.8 Å². The Balaban J connectivity index is 1.81. The van der Waals surface area contributed by atoms with Gasteiger partial charge in [-0.2, -0.15) is 0 Å². The van der Waals surface area contributed by atoms with Crippen LogP contribution in [0, 0.1) is 0 Å². The molecule has 0 spiro atoms. The van der Waals surface area contributed by atoms with Crippen LogP contribution in [-0.4, -0.2) is 40.8 Å². The van der Waals surface area contributed by atoms with Crippen LogP contribution in [0.5, 0.6) is 0 Å². The van der Waals surface area contributed by atoms with E-state index in [0.29, 0.717) is 6.54 Å². The summed E-state index contributed by atoms with van der Waals surface area (Å²) in [6.45, 7) is 0.847. The number of aromatic nitrogens is 1. The van der Waals surface area contributed by atoms with Gasteiger partial charge in [0.15, 0.2) is 0 Å². The van der Waals surface area contributed by atoms with E-state index in [2.05, 4.69) is 4.98 Å². The number of anilines is 1. The first-order chi connectivity index (χ1) is 10.3. The largest absolute Gasteiger partial charge is 0.329 e. The van der Waals surface area contributed by atoms with Crippen molar-refractivity contribution in [2.75, 3.05) is 18.0 Å². The topological polar surface area (TPSA) is 53.5 Å². The molecule has 2 aliphatic heterocycles. The maximum absolute atomic E-state index is 12.7. The van der Waals surface area contributed by atoms with Crippen molar-refractivity contribution in [3.8, 4) is 0 Å². The molecular weight excluding hydrogens is 266 g/mol. The Morgan fingerprint density at radius 1 is 1.19 bits per heavy atom. The number of hydrogen-bond acceptors (Lipinski definition) is 3. The summed E-state index contributed by atoms with van der Waals surface area (Å²) in [5.74, 6) is 0.0829. The molecule has 2 fully saturated rings. The minimum absolute atomic E-state index is 0.0383. The van der Waals surface area contributed by atoms with Gasteiger partial charge in [-0.3, -0.25) is 14.6 Å². The first-order valence-corrected chi connectivity index (χ1v) is 7.19. The summed E-state index contributed by atoms with van der Waals surface area (Å²) >= 11 is 0. The zero-order chi connectivity index (χ0) is 14.4. The summed E-state index contributed by atoms with van der Waals surface area (Å²) in [6.07, 6.45) is 5.17. The van der Waals surface area contributed by atoms with E-state index in [4.69, 9.17) is 0 Å². The minimum atomic E-state index is -0.275. The molecule has 0 saturated carbocycles. The van der Waals surface area contributed by atoms with E-state index in [1.54, 1.807) is 22.2 Å². The van der Waals surface area contributed by atoms with Crippen LogP contribution < -0.4 is 4.90 Å². The first-order valence-electron chi connectivity index (χ1n) is 7.19. The molecule has 1 aromatic carbocycles. The fraction of sp³-hybridized carbons (Fsp3) is 0.312. The fourth-order valence-corrected chi connectivity index (χ4v) is 3.35. The molecule has 0 radical (unpaired) electrons. The fourth-order valence-electron chi connectivity index (χ4n) is 3.35. The van der Waals surface area contributed by atoms with Gasteiger partial charge >= 0.3 is 0 Å². The van der Waals surface area contributed by atoms with Crippen molar-refractivity contribution < 1.29 is 9.59 Å². The lowest BCUT2D eigenvalue weighted by atomic mass is 10.1. The Morgan fingerprint density at radius 3 is 3.00 bits per heavy atom. The average molecular weight is 281 g/mol. The third-order valence-electron chi connectivity index (χ3n) is 4.37. The van der Waals surface area contributed by atoms with Gasteiger partial charge in [0, 0.05) is 29.7 Å². The van der Waals surface area contributed by atoms with Gasteiger partial charge < -0.3 is 9.80 Å². The molecule has 1 atom stereocenters. The van der Waals surface area contributed by atoms with Crippen molar-refractivity contribution in [3.63, 3.8) is 0 Å². The number of benzene rings is 1. The molecule has 3 heterocycles. The van der Waals surface area contributed by atoms with E-state index >= 15 is 0 Å². The van der Waals surface area contributed by atoms with Gasteiger partial charge in [-0.05, 0) is 25.0 Å². The SMILES string of the molecule is O=C1C2CCCN2C(=O)CN1c1cccc2cnccc12. The van der Waals surface area contributed by atoms with Crippen molar-refractivity contribution in [1.29, 1.82) is 0 Å². The van der Waals surface area contributed by atoms with Gasteiger partial charge in [0.1, 0.15) is 12.6 Å². The van der Waals surface area contributed by atoms with Gasteiger partial charge in [0.25, 0.3) is 0 Å². The van der Waals surface area contributed by atoms with Crippen LogP contribution in [-0.2, 0) is 9.59 Å². The van der Waals surface area contributed by atoms with E-state index in [9.17, 15) is 9.59 Å². The maximum Gasteiger partial charge on any atom is 0.250 e. The van der Waals surface area contributed by atoms with E-state index < -0.39 is 0 Å². The molecule has 0 aliphatic carbocycles. The minimum Gasteiger partial charge on any atom is -0.329 e. The normalized spacial score (nSPS) is 22.0. The number of pyridine rings is 1. The molecule has 2 saturated heterocycles. The molecule has 2 aromatic rings. The van der Waals surface area contributed by atoms with Gasteiger partial charge in [-0.1, -0.05) is 12.1 Å². The molecular formula is C16H15N3O2. The first kappa shape index (κ1) is 12.3. The summed E-state index contributed by atoms with van der Waals surface area (Å²) in [5, 5.41) is 1.93. The highest BCUT2D eigenvalue weighted by Gasteiger charge is 2.42. The summed E-state index contributed by atoms with van der Waals surface area (Å²) in [4.78, 5) is 32.4. The lowest BCUT2D eigenvalue weighted by Gasteiger charge is -2.36. The number of carbonyl (C=O) groups excluding carboxylic acids is 2. The Kier molecular flexibility index (Phi) is 2.67. The number of carbonyl (C=O) groups is 2. The second-order valence-corrected chi connectivity index (χ2v) is 5.54. The van der Waals surface area contributed by atoms with Crippen molar-refractivity contribution in [1.82, 2.24) is 9.88 Å². The number of rotatable bonds is 1. The van der Waals surface area contributed by atoms with Crippen LogP contribution in [0.4, 0.5) is 5.69 Å². The highest BCUT2D eigenvalue weighted by atomic mass is 16.2. The van der Waals surface area contributed by atoms with E-state index in [1.807, 2.05) is 24.3 Å². The van der Waals surface area contributed by atoms with E-state index in [1.165, 1.54) is 0 Å². The lowest BCUT2D eigenvalue weighted by Crippen LogP contribution is -2.57. The Morgan fingerprint density at radius 2 is 2.10 bits per heavy atom. The summed E-state index contributed by atoms with van der Waals surface area (Å²) in [7, 11) is 0. The smallest absolute Gasteiger partial charge is 0.250 e. The van der Waals surface area contributed by atoms with Crippen LogP contribution >= 0.6 is 0 Å². The van der Waals surface area contributed by atoms with Crippen LogP contribution in [0.3, 0.4) is 0 Å². The molecule has 2 aliphatic rings. The molecule has 2 amide bonds. The molecule has 1 unspecified atom stereocenters. The Hall–Kier alpha value is -2.43. The number of nitrogens with zero attached hydrogens (tertiary/aromatic N) is 3. The lowest BCUT2D eigenvalue weighted by molar-refractivity contribution is -0.140. The maximum atomic E-state index is 12.7. The number of amides is 2. The quantitative estimate of drug-likeness (QED) is 0.797. The van der Waals surface area contributed by atoms with Crippen molar-refractivity contribution in [3.05, 3.63) is 36.7 Å². The molecule has 21 heavy (non-hydrogen) atoms. The van der Waals surface area contributed by atoms with Gasteiger partial charge in [-0.15, -0.1) is 0 Å². The average Bonchev–Trinajstić information content (AvgIpc) is 3.01. The molecule has 5 nitrogen and oxygen atoms in total. The van der Waals surface area contributed by atoms with Gasteiger partial charge in [0.05, 0.1) is 5.69 Å². The van der Waals surface area contributed by atoms with Crippen molar-refractivity contribution in [2.45, 2.75) is 18.9 Å². The highest BCUT2D eigenvalue weighted by molar-refractivity contribution is 6.11. The zero-order valence-electron chi connectivity index (χ0n) is 11.5. The molecule has 106 valence electrons. The third kappa shape index (κ3) is 1.81. The number of fused-ring (bicyclic) bond motifs is 2. The molecule has 5 heteroatoms. The number of hydrogen-bond donors (Lipinski definition) is 0. The van der Waals surface area contributed by atoms with Crippen LogP contribution in [0.2, 0.25) is 0 Å². The van der Waals surface area contributed by atoms with E-state index in [0.717, 1.165) is 29.3 Å². The van der Waals surface area contributed by atoms with Crippen LogP contribution in [0.15, 0.2) is 36.7 Å². The van der Waals surface area contributed by atoms with Crippen molar-refractivity contribution >= 4 is 28.3 Å². The van der Waals surface area contributed by atoms with Crippen LogP contribution in [0.25, 0.3) is 10.8 Å². The number of piperazine rings is 1. The van der Waals surface area contributed by atoms with E-state index in [-0.39, 0.29) is 24.4 Å². The monoisotopic (exact) mass is 281 g/mol. The standard InChI is InChI=1S/C16H15N3O2/c20-15-10-19(16(21)14-5-2-8-18(14)15)13-4-1-3-11-9-17-7-6-12(11)13/h1,3-4,6-7,9,14H,2,5,8,10H2. The zero-order valence-corrected chi connectivity index (χ0v) is 11.5. The predicted molar refractivity (Wildman–Crippen MR) is 78.8 cm³/mol. The second-order valence-electron chi connectivity index (χ2n) is 5.54. The Bertz CT molecular complexity index is 738. The summed E-state index contributed by atoms with van der Waals surface area (Å²) in [5.41, 5.74) is 0.805. The molecule has 4 rings (SSSR count). The summed E-state index contributed by atoms with van der Waals surface area (Å²) in [6, 6.07) is 7.38. The third-order valence-corrected chi connectivity index (χ3v) is 4.37. The molecule has 0 bridgehead atoms. The summed E-state index contributed by atoms with van der Waals surface area (Å²) < 4.78 is 0. The van der Waals surface area contributed by atoms with Crippen LogP contribution in [0.1, 0.15) is 12.8 Å². The van der Waals surface area contributed by atoms with Gasteiger partial charge in [-0.25, -0.2) is 0 Å². The molecule has 0 N–H and O–H groups in total. The predicted octanol–water partition coefficient (Wildman–Crippen LogP) is 1.57. The second kappa shape index (κ2) is 4.55. The molecule has 1 aromatic heterocycles.